The molecule has 2 heterocycles. The molecule has 0 aromatic heterocycles. The van der Waals surface area contributed by atoms with Gasteiger partial charge in [-0.15, -0.1) is 0 Å². The molecule has 1 aliphatic carbocycles. The van der Waals surface area contributed by atoms with Gasteiger partial charge in [-0.3, -0.25) is 0 Å². The number of hydrogen-bond donors (Lipinski definition) is 1. The van der Waals surface area contributed by atoms with E-state index < -0.39 is 10.2 Å². The van der Waals surface area contributed by atoms with E-state index in [-0.39, 0.29) is 5.41 Å². The summed E-state index contributed by atoms with van der Waals surface area (Å²) < 4.78 is 29.1. The molecule has 1 unspecified atom stereocenters. The fraction of sp³-hybridized carbons (Fsp3) is 1.00. The van der Waals surface area contributed by atoms with Gasteiger partial charge in [-0.2, -0.15) is 17.0 Å². The first-order chi connectivity index (χ1) is 10.4. The lowest BCUT2D eigenvalue weighted by molar-refractivity contribution is 0.0996. The smallest absolute Gasteiger partial charge is 0.281 e. The topological polar surface area (TPSA) is 66.6 Å². The highest BCUT2D eigenvalue weighted by Crippen LogP contribution is 2.45. The number of nitrogens with two attached hydrogens (primary N) is 1. The summed E-state index contributed by atoms with van der Waals surface area (Å²) in [5, 5.41) is 0. The lowest BCUT2D eigenvalue weighted by atomic mass is 9.68. The van der Waals surface area contributed by atoms with Crippen molar-refractivity contribution in [3.63, 3.8) is 0 Å². The Balaban J connectivity index is 1.63. The van der Waals surface area contributed by atoms with Crippen molar-refractivity contribution in [2.75, 3.05) is 32.7 Å². The fourth-order valence-electron chi connectivity index (χ4n) is 4.50. The van der Waals surface area contributed by atoms with Gasteiger partial charge in [0.05, 0.1) is 0 Å². The highest BCUT2D eigenvalue weighted by Gasteiger charge is 2.44. The van der Waals surface area contributed by atoms with Crippen LogP contribution in [-0.2, 0) is 10.2 Å². The van der Waals surface area contributed by atoms with E-state index in [1.807, 2.05) is 0 Å². The van der Waals surface area contributed by atoms with Gasteiger partial charge in [-0.05, 0) is 49.5 Å². The Kier molecular flexibility index (Phi) is 4.58. The first-order valence-corrected chi connectivity index (χ1v) is 10.2. The van der Waals surface area contributed by atoms with Gasteiger partial charge in [0.15, 0.2) is 0 Å². The second kappa shape index (κ2) is 6.04. The number of nitrogens with zero attached hydrogens (tertiary/aromatic N) is 2. The largest absolute Gasteiger partial charge is 0.330 e. The second-order valence-corrected chi connectivity index (χ2v) is 9.99. The Labute approximate surface area is 135 Å². The van der Waals surface area contributed by atoms with E-state index in [0.717, 1.165) is 19.3 Å². The molecule has 1 saturated carbocycles. The van der Waals surface area contributed by atoms with Gasteiger partial charge in [0, 0.05) is 26.2 Å². The third-order valence-electron chi connectivity index (χ3n) is 6.37. The van der Waals surface area contributed by atoms with Crippen LogP contribution in [0.5, 0.6) is 0 Å². The van der Waals surface area contributed by atoms with E-state index in [4.69, 9.17) is 5.73 Å². The monoisotopic (exact) mass is 329 g/mol. The zero-order chi connectivity index (χ0) is 15.8. The normalized spacial score (nSPS) is 34.3. The highest BCUT2D eigenvalue weighted by atomic mass is 32.2. The van der Waals surface area contributed by atoms with E-state index in [2.05, 4.69) is 6.92 Å². The van der Waals surface area contributed by atoms with Crippen LogP contribution >= 0.6 is 0 Å². The van der Waals surface area contributed by atoms with E-state index in [9.17, 15) is 8.42 Å². The first-order valence-electron chi connectivity index (χ1n) is 8.85. The Morgan fingerprint density at radius 1 is 0.909 bits per heavy atom. The predicted octanol–water partition coefficient (Wildman–Crippen LogP) is 1.95. The molecule has 3 aliphatic rings. The number of rotatable bonds is 3. The van der Waals surface area contributed by atoms with E-state index in [0.29, 0.717) is 38.1 Å². The zero-order valence-corrected chi connectivity index (χ0v) is 14.7. The van der Waals surface area contributed by atoms with Gasteiger partial charge in [-0.25, -0.2) is 0 Å². The van der Waals surface area contributed by atoms with Crippen molar-refractivity contribution in [2.45, 2.75) is 58.3 Å². The maximum absolute atomic E-state index is 12.9. The Morgan fingerprint density at radius 2 is 1.50 bits per heavy atom. The average molecular weight is 330 g/mol. The van der Waals surface area contributed by atoms with Gasteiger partial charge < -0.3 is 5.73 Å². The molecule has 0 aromatic carbocycles. The third kappa shape index (κ3) is 3.07. The summed E-state index contributed by atoms with van der Waals surface area (Å²) in [6, 6.07) is 0. The molecule has 0 radical (unpaired) electrons. The zero-order valence-electron chi connectivity index (χ0n) is 13.9. The summed E-state index contributed by atoms with van der Waals surface area (Å²) in [4.78, 5) is 0. The SMILES string of the molecule is CC1(CN)CCN(S(=O)(=O)N2CCC3(CCCCC3)CC2)C1. The lowest BCUT2D eigenvalue weighted by Gasteiger charge is -2.44. The quantitative estimate of drug-likeness (QED) is 0.860. The lowest BCUT2D eigenvalue weighted by Crippen LogP contribution is -2.49. The Hall–Kier alpha value is -0.170. The summed E-state index contributed by atoms with van der Waals surface area (Å²) in [7, 11) is -3.29. The Bertz CT molecular complexity index is 492. The maximum atomic E-state index is 12.9. The molecule has 5 nitrogen and oxygen atoms in total. The fourth-order valence-corrected chi connectivity index (χ4v) is 6.27. The maximum Gasteiger partial charge on any atom is 0.281 e. The number of hydrogen-bond acceptors (Lipinski definition) is 3. The van der Waals surface area contributed by atoms with Crippen molar-refractivity contribution in [3.8, 4) is 0 Å². The van der Waals surface area contributed by atoms with Gasteiger partial charge in [0.2, 0.25) is 0 Å². The summed E-state index contributed by atoms with van der Waals surface area (Å²) in [5.41, 5.74) is 6.21. The van der Waals surface area contributed by atoms with Crippen LogP contribution in [0.3, 0.4) is 0 Å². The van der Waals surface area contributed by atoms with Gasteiger partial charge >= 0.3 is 0 Å². The molecule has 22 heavy (non-hydrogen) atoms. The molecule has 0 aromatic rings. The molecule has 3 rings (SSSR count). The van der Waals surface area contributed by atoms with Crippen LogP contribution in [0, 0.1) is 10.8 Å². The molecular weight excluding hydrogens is 298 g/mol. The summed E-state index contributed by atoms with van der Waals surface area (Å²) in [6.07, 6.45) is 9.59. The highest BCUT2D eigenvalue weighted by molar-refractivity contribution is 7.86. The van der Waals surface area contributed by atoms with E-state index in [1.54, 1.807) is 8.61 Å². The summed E-state index contributed by atoms with van der Waals surface area (Å²) in [5.74, 6) is 0. The van der Waals surface area contributed by atoms with Gasteiger partial charge in [-0.1, -0.05) is 26.2 Å². The van der Waals surface area contributed by atoms with Crippen LogP contribution in [0.2, 0.25) is 0 Å². The minimum absolute atomic E-state index is 0.0482. The summed E-state index contributed by atoms with van der Waals surface area (Å²) >= 11 is 0. The molecule has 1 atom stereocenters. The molecule has 2 saturated heterocycles. The standard InChI is InChI=1S/C16H31N3O2S/c1-15(13-17)7-10-19(14-15)22(20,21)18-11-8-16(9-12-18)5-3-2-4-6-16/h2-14,17H2,1H3. The average Bonchev–Trinajstić information content (AvgIpc) is 2.93. The molecule has 2 aliphatic heterocycles. The molecule has 2 N–H and O–H groups in total. The molecule has 128 valence electrons. The van der Waals surface area contributed by atoms with Crippen LogP contribution in [0.1, 0.15) is 58.3 Å². The van der Waals surface area contributed by atoms with Crippen LogP contribution in [0.25, 0.3) is 0 Å². The third-order valence-corrected chi connectivity index (χ3v) is 8.35. The van der Waals surface area contributed by atoms with Gasteiger partial charge in [0.25, 0.3) is 10.2 Å². The summed E-state index contributed by atoms with van der Waals surface area (Å²) in [6.45, 7) is 5.26. The molecular formula is C16H31N3O2S. The molecule has 1 spiro atoms. The van der Waals surface area contributed by atoms with Crippen LogP contribution in [0.15, 0.2) is 0 Å². The minimum Gasteiger partial charge on any atom is -0.330 e. The number of piperidine rings is 1. The van der Waals surface area contributed by atoms with Crippen molar-refractivity contribution in [3.05, 3.63) is 0 Å². The van der Waals surface area contributed by atoms with Crippen LogP contribution in [-0.4, -0.2) is 49.8 Å². The van der Waals surface area contributed by atoms with Crippen LogP contribution < -0.4 is 5.73 Å². The van der Waals surface area contributed by atoms with Crippen molar-refractivity contribution in [1.29, 1.82) is 0 Å². The van der Waals surface area contributed by atoms with Gasteiger partial charge in [0.1, 0.15) is 0 Å². The molecule has 0 bridgehead atoms. The van der Waals surface area contributed by atoms with E-state index in [1.165, 1.54) is 32.1 Å². The molecule has 0 amide bonds. The van der Waals surface area contributed by atoms with Crippen molar-refractivity contribution >= 4 is 10.2 Å². The van der Waals surface area contributed by atoms with Crippen molar-refractivity contribution < 1.29 is 8.42 Å². The van der Waals surface area contributed by atoms with Crippen LogP contribution in [0.4, 0.5) is 0 Å². The first kappa shape index (κ1) is 16.7. The minimum atomic E-state index is -3.29. The Morgan fingerprint density at radius 3 is 2.05 bits per heavy atom. The molecule has 6 heteroatoms. The molecule has 3 fully saturated rings. The predicted molar refractivity (Wildman–Crippen MR) is 88.6 cm³/mol. The van der Waals surface area contributed by atoms with E-state index >= 15 is 0 Å². The van der Waals surface area contributed by atoms with Crippen molar-refractivity contribution in [1.82, 2.24) is 8.61 Å². The van der Waals surface area contributed by atoms with Crippen molar-refractivity contribution in [2.24, 2.45) is 16.6 Å². The second-order valence-electron chi connectivity index (χ2n) is 8.07.